The summed E-state index contributed by atoms with van der Waals surface area (Å²) in [5.41, 5.74) is 5.07. The fraction of sp³-hybridized carbons (Fsp3) is 0.300. The molecular weight excluding hydrogens is 284 g/mol. The number of nitrogens with zero attached hydrogens (tertiary/aromatic N) is 1. The Labute approximate surface area is 137 Å². The third kappa shape index (κ3) is 3.19. The highest BCUT2D eigenvalue weighted by Gasteiger charge is 2.07. The highest BCUT2D eigenvalue weighted by Crippen LogP contribution is 2.26. The SMILES string of the molecule is CCN(CC)c1ccc(Cc2c[nH]c3ccc(OC)cc23)cc1. The van der Waals surface area contributed by atoms with Gasteiger partial charge in [0.25, 0.3) is 0 Å². The zero-order valence-corrected chi connectivity index (χ0v) is 14.1. The van der Waals surface area contributed by atoms with Crippen LogP contribution in [0.3, 0.4) is 0 Å². The molecule has 3 nitrogen and oxygen atoms in total. The molecule has 1 N–H and O–H groups in total. The molecule has 3 aromatic rings. The van der Waals surface area contributed by atoms with E-state index < -0.39 is 0 Å². The lowest BCUT2D eigenvalue weighted by Gasteiger charge is -2.21. The molecule has 0 unspecified atom stereocenters. The fourth-order valence-corrected chi connectivity index (χ4v) is 3.06. The highest BCUT2D eigenvalue weighted by atomic mass is 16.5. The molecule has 0 aliphatic heterocycles. The first kappa shape index (κ1) is 15.5. The molecule has 0 amide bonds. The number of hydrogen-bond acceptors (Lipinski definition) is 2. The van der Waals surface area contributed by atoms with Crippen LogP contribution >= 0.6 is 0 Å². The van der Waals surface area contributed by atoms with Crippen LogP contribution in [-0.2, 0) is 6.42 Å². The average molecular weight is 308 g/mol. The Morgan fingerprint density at radius 1 is 1.00 bits per heavy atom. The van der Waals surface area contributed by atoms with Gasteiger partial charge in [0.2, 0.25) is 0 Å². The van der Waals surface area contributed by atoms with Crippen LogP contribution in [0.25, 0.3) is 10.9 Å². The van der Waals surface area contributed by atoms with E-state index in [4.69, 9.17) is 4.74 Å². The number of ether oxygens (including phenoxy) is 1. The van der Waals surface area contributed by atoms with Crippen molar-refractivity contribution in [3.05, 3.63) is 59.8 Å². The quantitative estimate of drug-likeness (QED) is 0.720. The van der Waals surface area contributed by atoms with Gasteiger partial charge in [0.05, 0.1) is 7.11 Å². The largest absolute Gasteiger partial charge is 0.497 e. The van der Waals surface area contributed by atoms with Crippen LogP contribution in [0.2, 0.25) is 0 Å². The van der Waals surface area contributed by atoms with Gasteiger partial charge >= 0.3 is 0 Å². The van der Waals surface area contributed by atoms with Gasteiger partial charge in [0, 0.05) is 35.9 Å². The minimum atomic E-state index is 0.898. The zero-order chi connectivity index (χ0) is 16.2. The van der Waals surface area contributed by atoms with Crippen LogP contribution in [0.5, 0.6) is 5.75 Å². The van der Waals surface area contributed by atoms with Gasteiger partial charge in [-0.25, -0.2) is 0 Å². The van der Waals surface area contributed by atoms with Crippen LogP contribution in [0.1, 0.15) is 25.0 Å². The minimum Gasteiger partial charge on any atom is -0.497 e. The molecule has 0 fully saturated rings. The van der Waals surface area contributed by atoms with Gasteiger partial charge in [-0.3, -0.25) is 0 Å². The number of methoxy groups -OCH3 is 1. The summed E-state index contributed by atoms with van der Waals surface area (Å²) in [6, 6.07) is 15.1. The summed E-state index contributed by atoms with van der Waals surface area (Å²) in [5.74, 6) is 0.898. The molecule has 0 atom stereocenters. The molecule has 0 bridgehead atoms. The lowest BCUT2D eigenvalue weighted by molar-refractivity contribution is 0.415. The Hall–Kier alpha value is -2.42. The Morgan fingerprint density at radius 2 is 1.74 bits per heavy atom. The minimum absolute atomic E-state index is 0.898. The molecule has 3 rings (SSSR count). The normalized spacial score (nSPS) is 10.9. The van der Waals surface area contributed by atoms with Crippen LogP contribution in [0, 0.1) is 0 Å². The van der Waals surface area contributed by atoms with Gasteiger partial charge in [-0.1, -0.05) is 12.1 Å². The fourth-order valence-electron chi connectivity index (χ4n) is 3.06. The number of nitrogens with one attached hydrogen (secondary N) is 1. The van der Waals surface area contributed by atoms with E-state index in [-0.39, 0.29) is 0 Å². The highest BCUT2D eigenvalue weighted by molar-refractivity contribution is 5.85. The summed E-state index contributed by atoms with van der Waals surface area (Å²) < 4.78 is 5.34. The standard InChI is InChI=1S/C20H24N2O/c1-4-22(5-2)17-8-6-15(7-9-17)12-16-14-21-20-11-10-18(23-3)13-19(16)20/h6-11,13-14,21H,4-5,12H2,1-3H3. The number of fused-ring (bicyclic) bond motifs is 1. The Kier molecular flexibility index (Phi) is 4.56. The van der Waals surface area contributed by atoms with Crippen molar-refractivity contribution in [2.24, 2.45) is 0 Å². The maximum atomic E-state index is 5.34. The monoisotopic (exact) mass is 308 g/mol. The van der Waals surface area contributed by atoms with Gasteiger partial charge in [0.15, 0.2) is 0 Å². The Balaban J connectivity index is 1.84. The first-order valence-corrected chi connectivity index (χ1v) is 8.23. The molecular formula is C20H24N2O. The summed E-state index contributed by atoms with van der Waals surface area (Å²) in [6.45, 7) is 6.46. The second kappa shape index (κ2) is 6.78. The van der Waals surface area contributed by atoms with Crippen LogP contribution in [-0.4, -0.2) is 25.2 Å². The third-order valence-corrected chi connectivity index (χ3v) is 4.43. The average Bonchev–Trinajstić information content (AvgIpc) is 2.99. The molecule has 0 aliphatic rings. The van der Waals surface area contributed by atoms with Crippen LogP contribution in [0.15, 0.2) is 48.7 Å². The Morgan fingerprint density at radius 3 is 2.39 bits per heavy atom. The lowest BCUT2D eigenvalue weighted by Crippen LogP contribution is -2.21. The molecule has 0 aliphatic carbocycles. The molecule has 0 spiro atoms. The first-order valence-electron chi connectivity index (χ1n) is 8.23. The van der Waals surface area contributed by atoms with Crippen molar-refractivity contribution < 1.29 is 4.74 Å². The van der Waals surface area contributed by atoms with Crippen LogP contribution in [0.4, 0.5) is 5.69 Å². The number of H-pyrrole nitrogens is 1. The number of hydrogen-bond donors (Lipinski definition) is 1. The van der Waals surface area contributed by atoms with Gasteiger partial charge < -0.3 is 14.6 Å². The summed E-state index contributed by atoms with van der Waals surface area (Å²) in [4.78, 5) is 5.71. The van der Waals surface area contributed by atoms with Crippen LogP contribution < -0.4 is 9.64 Å². The van der Waals surface area contributed by atoms with E-state index in [1.807, 2.05) is 6.07 Å². The molecule has 3 heteroatoms. The molecule has 0 saturated carbocycles. The lowest BCUT2D eigenvalue weighted by atomic mass is 10.0. The van der Waals surface area contributed by atoms with E-state index in [1.54, 1.807) is 7.11 Å². The van der Waals surface area contributed by atoms with Gasteiger partial charge in [-0.15, -0.1) is 0 Å². The zero-order valence-electron chi connectivity index (χ0n) is 14.1. The topological polar surface area (TPSA) is 28.3 Å². The van der Waals surface area contributed by atoms with E-state index in [2.05, 4.69) is 66.3 Å². The maximum absolute atomic E-state index is 5.34. The molecule has 0 saturated heterocycles. The first-order chi connectivity index (χ1) is 11.2. The smallest absolute Gasteiger partial charge is 0.119 e. The number of aromatic nitrogens is 1. The van der Waals surface area contributed by atoms with Crippen molar-refractivity contribution in [2.75, 3.05) is 25.1 Å². The van der Waals surface area contributed by atoms with Crippen molar-refractivity contribution in [2.45, 2.75) is 20.3 Å². The van der Waals surface area contributed by atoms with E-state index in [1.165, 1.54) is 22.2 Å². The van der Waals surface area contributed by atoms with Gasteiger partial charge in [-0.2, -0.15) is 0 Å². The van der Waals surface area contributed by atoms with E-state index in [0.29, 0.717) is 0 Å². The summed E-state index contributed by atoms with van der Waals surface area (Å²) in [7, 11) is 1.71. The van der Waals surface area contributed by atoms with Crippen molar-refractivity contribution in [1.82, 2.24) is 4.98 Å². The summed E-state index contributed by atoms with van der Waals surface area (Å²) in [6.07, 6.45) is 3.02. The molecule has 0 radical (unpaired) electrons. The maximum Gasteiger partial charge on any atom is 0.119 e. The second-order valence-corrected chi connectivity index (χ2v) is 5.74. The molecule has 1 heterocycles. The third-order valence-electron chi connectivity index (χ3n) is 4.43. The van der Waals surface area contributed by atoms with E-state index in [0.717, 1.165) is 30.8 Å². The number of aromatic amines is 1. The second-order valence-electron chi connectivity index (χ2n) is 5.74. The predicted molar refractivity (Wildman–Crippen MR) is 97.7 cm³/mol. The van der Waals surface area contributed by atoms with Gasteiger partial charge in [0.1, 0.15) is 5.75 Å². The molecule has 1 aromatic heterocycles. The number of anilines is 1. The Bertz CT molecular complexity index is 770. The number of rotatable bonds is 6. The molecule has 2 aromatic carbocycles. The van der Waals surface area contributed by atoms with Crippen molar-refractivity contribution in [3.8, 4) is 5.75 Å². The van der Waals surface area contributed by atoms with Crippen molar-refractivity contribution in [3.63, 3.8) is 0 Å². The summed E-state index contributed by atoms with van der Waals surface area (Å²) >= 11 is 0. The van der Waals surface area contributed by atoms with Gasteiger partial charge in [-0.05, 0) is 61.7 Å². The van der Waals surface area contributed by atoms with Crippen molar-refractivity contribution >= 4 is 16.6 Å². The molecule has 23 heavy (non-hydrogen) atoms. The van der Waals surface area contributed by atoms with Crippen molar-refractivity contribution in [1.29, 1.82) is 0 Å². The number of benzene rings is 2. The van der Waals surface area contributed by atoms with E-state index in [9.17, 15) is 0 Å². The summed E-state index contributed by atoms with van der Waals surface area (Å²) in [5, 5.41) is 1.23. The molecule has 120 valence electrons. The van der Waals surface area contributed by atoms with E-state index >= 15 is 0 Å². The predicted octanol–water partition coefficient (Wildman–Crippen LogP) is 4.61.